The lowest BCUT2D eigenvalue weighted by Crippen LogP contribution is -2.30. The summed E-state index contributed by atoms with van der Waals surface area (Å²) < 4.78 is 37.0. The minimum atomic E-state index is -4.36. The van der Waals surface area contributed by atoms with Crippen molar-refractivity contribution in [3.63, 3.8) is 0 Å². The molecule has 19 heavy (non-hydrogen) atoms. The Kier molecular flexibility index (Phi) is 5.35. The van der Waals surface area contributed by atoms with Gasteiger partial charge in [-0.15, -0.1) is 0 Å². The van der Waals surface area contributed by atoms with Crippen LogP contribution in [0.3, 0.4) is 0 Å². The van der Waals surface area contributed by atoms with E-state index in [-0.39, 0.29) is 24.9 Å². The molecule has 0 aromatic heterocycles. The third kappa shape index (κ3) is 5.30. The van der Waals surface area contributed by atoms with Gasteiger partial charge in [0.05, 0.1) is 12.0 Å². The van der Waals surface area contributed by atoms with Crippen molar-refractivity contribution in [3.05, 3.63) is 35.4 Å². The molecule has 0 radical (unpaired) electrons. The molecule has 0 saturated heterocycles. The molecular formula is C13H16F3NO2. The average Bonchev–Trinajstić information content (AvgIpc) is 2.35. The minimum absolute atomic E-state index is 0.0241. The van der Waals surface area contributed by atoms with Gasteiger partial charge in [0, 0.05) is 13.2 Å². The molecule has 1 aromatic carbocycles. The zero-order chi connectivity index (χ0) is 14.5. The van der Waals surface area contributed by atoms with Crippen molar-refractivity contribution in [2.75, 3.05) is 13.2 Å². The normalized spacial score (nSPS) is 13.1. The van der Waals surface area contributed by atoms with Gasteiger partial charge in [0.25, 0.3) is 0 Å². The maximum absolute atomic E-state index is 12.3. The van der Waals surface area contributed by atoms with Crippen molar-refractivity contribution in [2.45, 2.75) is 19.5 Å². The first-order chi connectivity index (χ1) is 8.82. The van der Waals surface area contributed by atoms with Gasteiger partial charge in [0.2, 0.25) is 5.91 Å². The van der Waals surface area contributed by atoms with E-state index in [0.717, 1.165) is 12.1 Å². The number of hydrogen-bond acceptors (Lipinski definition) is 2. The molecule has 1 atom stereocenters. The van der Waals surface area contributed by atoms with Gasteiger partial charge in [-0.25, -0.2) is 0 Å². The smallest absolute Gasteiger partial charge is 0.396 e. The van der Waals surface area contributed by atoms with Crippen LogP contribution >= 0.6 is 0 Å². The van der Waals surface area contributed by atoms with E-state index >= 15 is 0 Å². The van der Waals surface area contributed by atoms with Crippen molar-refractivity contribution in [1.29, 1.82) is 0 Å². The Labute approximate surface area is 109 Å². The molecule has 2 N–H and O–H groups in total. The molecule has 0 bridgehead atoms. The first-order valence-corrected chi connectivity index (χ1v) is 5.86. The van der Waals surface area contributed by atoms with Crippen molar-refractivity contribution in [3.8, 4) is 0 Å². The van der Waals surface area contributed by atoms with Gasteiger partial charge >= 0.3 is 6.18 Å². The predicted molar refractivity (Wildman–Crippen MR) is 64.4 cm³/mol. The van der Waals surface area contributed by atoms with Gasteiger partial charge in [0.15, 0.2) is 0 Å². The topological polar surface area (TPSA) is 49.3 Å². The quantitative estimate of drug-likeness (QED) is 0.863. The number of rotatable bonds is 5. The lowest BCUT2D eigenvalue weighted by Gasteiger charge is -2.10. The van der Waals surface area contributed by atoms with Crippen molar-refractivity contribution in [2.24, 2.45) is 5.92 Å². The van der Waals surface area contributed by atoms with E-state index < -0.39 is 11.7 Å². The molecule has 0 fully saturated rings. The monoisotopic (exact) mass is 275 g/mol. The number of carbonyl (C=O) groups excluding carboxylic acids is 1. The van der Waals surface area contributed by atoms with Crippen LogP contribution in [0.2, 0.25) is 0 Å². The average molecular weight is 275 g/mol. The van der Waals surface area contributed by atoms with Crippen molar-refractivity contribution >= 4 is 5.91 Å². The predicted octanol–water partition coefficient (Wildman–Crippen LogP) is 1.99. The van der Waals surface area contributed by atoms with E-state index in [1.54, 1.807) is 6.92 Å². The zero-order valence-electron chi connectivity index (χ0n) is 10.5. The van der Waals surface area contributed by atoms with Crippen molar-refractivity contribution in [1.82, 2.24) is 5.32 Å². The molecule has 1 rings (SSSR count). The number of aliphatic hydroxyl groups is 1. The summed E-state index contributed by atoms with van der Waals surface area (Å²) in [4.78, 5) is 11.5. The summed E-state index contributed by atoms with van der Waals surface area (Å²) in [6.45, 7) is 2.09. The van der Waals surface area contributed by atoms with E-state index in [0.29, 0.717) is 12.1 Å². The van der Waals surface area contributed by atoms with Crippen LogP contribution in [0.5, 0.6) is 0 Å². The molecule has 0 heterocycles. The Morgan fingerprint density at radius 2 is 1.89 bits per heavy atom. The van der Waals surface area contributed by atoms with Crippen LogP contribution in [-0.4, -0.2) is 24.2 Å². The van der Waals surface area contributed by atoms with Gasteiger partial charge in [-0.3, -0.25) is 4.79 Å². The van der Waals surface area contributed by atoms with Gasteiger partial charge < -0.3 is 10.4 Å². The first kappa shape index (κ1) is 15.5. The van der Waals surface area contributed by atoms with E-state index in [1.807, 2.05) is 0 Å². The number of nitrogens with one attached hydrogen (secondary N) is 1. The molecule has 1 aromatic rings. The summed E-state index contributed by atoms with van der Waals surface area (Å²) in [6.07, 6.45) is -4.34. The number of hydrogen-bond donors (Lipinski definition) is 2. The Morgan fingerprint density at radius 1 is 1.32 bits per heavy atom. The van der Waals surface area contributed by atoms with Gasteiger partial charge in [-0.2, -0.15) is 13.2 Å². The van der Waals surface area contributed by atoms with E-state index in [2.05, 4.69) is 5.32 Å². The van der Waals surface area contributed by atoms with Crippen LogP contribution in [0.15, 0.2) is 24.3 Å². The Balaban J connectivity index is 2.51. The van der Waals surface area contributed by atoms with Crippen LogP contribution in [0.1, 0.15) is 18.1 Å². The first-order valence-electron chi connectivity index (χ1n) is 5.86. The highest BCUT2D eigenvalue weighted by Crippen LogP contribution is 2.29. The molecule has 0 aliphatic rings. The molecule has 0 aliphatic heterocycles. The van der Waals surface area contributed by atoms with E-state index in [4.69, 9.17) is 5.11 Å². The maximum atomic E-state index is 12.3. The fourth-order valence-corrected chi connectivity index (χ4v) is 1.41. The molecular weight excluding hydrogens is 259 g/mol. The Morgan fingerprint density at radius 3 is 2.37 bits per heavy atom. The Bertz CT molecular complexity index is 415. The number of carbonyl (C=O) groups is 1. The Hall–Kier alpha value is -1.56. The molecule has 3 nitrogen and oxygen atoms in total. The zero-order valence-corrected chi connectivity index (χ0v) is 10.5. The maximum Gasteiger partial charge on any atom is 0.416 e. The lowest BCUT2D eigenvalue weighted by atomic mass is 10.1. The van der Waals surface area contributed by atoms with E-state index in [1.165, 1.54) is 12.1 Å². The molecule has 0 spiro atoms. The largest absolute Gasteiger partial charge is 0.416 e. The van der Waals surface area contributed by atoms with Crippen LogP contribution in [0.4, 0.5) is 13.2 Å². The summed E-state index contributed by atoms with van der Waals surface area (Å²) in [5, 5.41) is 11.4. The number of aliphatic hydroxyl groups excluding tert-OH is 1. The summed E-state index contributed by atoms with van der Waals surface area (Å²) in [5.41, 5.74) is -0.215. The number of alkyl halides is 3. The SMILES string of the molecule is CC(CO)CNC(=O)Cc1ccc(C(F)(F)F)cc1. The second kappa shape index (κ2) is 6.56. The minimum Gasteiger partial charge on any atom is -0.396 e. The third-order valence-electron chi connectivity index (χ3n) is 2.61. The fourth-order valence-electron chi connectivity index (χ4n) is 1.41. The summed E-state index contributed by atoms with van der Waals surface area (Å²) in [7, 11) is 0. The molecule has 6 heteroatoms. The highest BCUT2D eigenvalue weighted by molar-refractivity contribution is 5.78. The highest BCUT2D eigenvalue weighted by atomic mass is 19.4. The molecule has 1 unspecified atom stereocenters. The van der Waals surface area contributed by atoms with Crippen LogP contribution < -0.4 is 5.32 Å². The second-order valence-electron chi connectivity index (χ2n) is 4.46. The summed E-state index contributed by atoms with van der Waals surface area (Å²) >= 11 is 0. The third-order valence-corrected chi connectivity index (χ3v) is 2.61. The van der Waals surface area contributed by atoms with Crippen LogP contribution in [0.25, 0.3) is 0 Å². The second-order valence-corrected chi connectivity index (χ2v) is 4.46. The number of amides is 1. The molecule has 1 amide bonds. The number of benzene rings is 1. The van der Waals surface area contributed by atoms with Crippen LogP contribution in [0, 0.1) is 5.92 Å². The van der Waals surface area contributed by atoms with Gasteiger partial charge in [0.1, 0.15) is 0 Å². The molecule has 0 saturated carbocycles. The molecule has 106 valence electrons. The summed E-state index contributed by atoms with van der Waals surface area (Å²) in [5.74, 6) is -0.323. The highest BCUT2D eigenvalue weighted by Gasteiger charge is 2.29. The van der Waals surface area contributed by atoms with Gasteiger partial charge in [-0.05, 0) is 23.6 Å². The lowest BCUT2D eigenvalue weighted by molar-refractivity contribution is -0.137. The van der Waals surface area contributed by atoms with Crippen LogP contribution in [-0.2, 0) is 17.4 Å². The summed E-state index contributed by atoms with van der Waals surface area (Å²) in [6, 6.07) is 4.49. The van der Waals surface area contributed by atoms with Gasteiger partial charge in [-0.1, -0.05) is 19.1 Å². The number of halogens is 3. The fraction of sp³-hybridized carbons (Fsp3) is 0.462. The van der Waals surface area contributed by atoms with Crippen molar-refractivity contribution < 1.29 is 23.1 Å². The molecule has 0 aliphatic carbocycles. The standard InChI is InChI=1S/C13H16F3NO2/c1-9(8-18)7-17-12(19)6-10-2-4-11(5-3-10)13(14,15)16/h2-5,9,18H,6-8H2,1H3,(H,17,19). The van der Waals surface area contributed by atoms with E-state index in [9.17, 15) is 18.0 Å².